The fourth-order valence-corrected chi connectivity index (χ4v) is 0.728. The zero-order valence-corrected chi connectivity index (χ0v) is 7.16. The summed E-state index contributed by atoms with van der Waals surface area (Å²) in [6.07, 6.45) is 0. The second-order valence-corrected chi connectivity index (χ2v) is 2.22. The third-order valence-electron chi connectivity index (χ3n) is 1.13. The minimum absolute atomic E-state index is 0. The van der Waals surface area contributed by atoms with E-state index in [2.05, 4.69) is 22.9 Å². The zero-order chi connectivity index (χ0) is 11.4. The van der Waals surface area contributed by atoms with Crippen molar-refractivity contribution in [3.05, 3.63) is 0 Å². The predicted molar refractivity (Wildman–Crippen MR) is 68.1 cm³/mol. The van der Waals surface area contributed by atoms with Crippen molar-refractivity contribution in [2.75, 3.05) is 0 Å². The van der Waals surface area contributed by atoms with Gasteiger partial charge in [-0.05, 0) is 0 Å². The maximum atomic E-state index is 8.74. The monoisotopic (exact) mass is 310 g/mol. The van der Waals surface area contributed by atoms with Crippen molar-refractivity contribution >= 4 is 133 Å². The van der Waals surface area contributed by atoms with Crippen molar-refractivity contribution in [1.82, 2.24) is 0 Å². The van der Waals surface area contributed by atoms with Gasteiger partial charge in [0.25, 0.3) is 0 Å². The van der Waals surface area contributed by atoms with E-state index in [4.69, 9.17) is 25.1 Å². The van der Waals surface area contributed by atoms with Gasteiger partial charge in [0.2, 0.25) is 0 Å². The first-order valence-electron chi connectivity index (χ1n) is 3.65. The Hall–Kier alpha value is 3.18. The van der Waals surface area contributed by atoms with Gasteiger partial charge in [-0.1, -0.05) is 0 Å². The average molecular weight is 309 g/mol. The molecule has 0 aromatic carbocycles. The van der Waals surface area contributed by atoms with E-state index < -0.39 is 36.6 Å². The van der Waals surface area contributed by atoms with Crippen molar-refractivity contribution in [2.24, 2.45) is 0 Å². The van der Waals surface area contributed by atoms with Crippen LogP contribution in [0.5, 0.6) is 0 Å². The van der Waals surface area contributed by atoms with Crippen molar-refractivity contribution in [1.29, 1.82) is 0 Å². The van der Waals surface area contributed by atoms with E-state index in [1.165, 1.54) is 0 Å². The Morgan fingerprint density at radius 1 is 0.667 bits per heavy atom. The van der Waals surface area contributed by atoms with Crippen molar-refractivity contribution in [3.63, 3.8) is 0 Å². The van der Waals surface area contributed by atoms with Gasteiger partial charge in [-0.3, -0.25) is 0 Å². The summed E-state index contributed by atoms with van der Waals surface area (Å²) in [4.78, 5) is 0. The molecule has 0 spiro atoms. The molecule has 88 valence electrons. The van der Waals surface area contributed by atoms with Crippen LogP contribution < -0.4 is 0 Å². The van der Waals surface area contributed by atoms with E-state index in [9.17, 15) is 0 Å². The van der Waals surface area contributed by atoms with Crippen molar-refractivity contribution in [3.8, 4) is 0 Å². The van der Waals surface area contributed by atoms with Crippen LogP contribution in [0, 0.1) is 0 Å². The second kappa shape index (κ2) is 13.8. The molecule has 0 atom stereocenters. The van der Waals surface area contributed by atoms with Crippen LogP contribution in [-0.4, -0.2) is 159 Å². The number of hydrogen-bond donors (Lipinski definition) is 5. The molecular formula is H9B5CaNa2O10. The molecule has 18 heteroatoms. The minimum atomic E-state index is -2.17. The third-order valence-corrected chi connectivity index (χ3v) is 1.13. The first-order chi connectivity index (χ1) is 6.97. The van der Waals surface area contributed by atoms with E-state index in [1.807, 2.05) is 0 Å². The molecule has 0 amide bonds. The van der Waals surface area contributed by atoms with Gasteiger partial charge in [0.05, 0.1) is 0 Å². The summed E-state index contributed by atoms with van der Waals surface area (Å²) in [5, 5.41) is 39.0. The molecule has 2 aliphatic heterocycles. The molecule has 2 saturated heterocycles. The molecule has 2 rings (SSSR count). The summed E-state index contributed by atoms with van der Waals surface area (Å²) < 4.78 is 22.6. The molecule has 2 heterocycles. The Bertz CT molecular complexity index is 163. The molecule has 0 aliphatic carbocycles. The summed E-state index contributed by atoms with van der Waals surface area (Å²) in [7, 11) is -7.36. The first-order valence-corrected chi connectivity index (χ1v) is 3.65. The summed E-state index contributed by atoms with van der Waals surface area (Å²) in [6.45, 7) is 0. The summed E-state index contributed by atoms with van der Waals surface area (Å²) in [5.41, 5.74) is 0. The predicted octanol–water partition coefficient (Wildman–Crippen LogP) is -7.24. The van der Waals surface area contributed by atoms with Crippen LogP contribution in [0.2, 0.25) is 0 Å². The fraction of sp³-hybridized carbons (Fsp3) is 0. The van der Waals surface area contributed by atoms with Gasteiger partial charge in [-0.2, -0.15) is 0 Å². The molecule has 2 aliphatic rings. The Balaban J connectivity index is -0.000000289. The van der Waals surface area contributed by atoms with Gasteiger partial charge >= 0.3 is 133 Å². The fourth-order valence-electron chi connectivity index (χ4n) is 0.728. The van der Waals surface area contributed by atoms with Crippen LogP contribution >= 0.6 is 0 Å². The number of hydrogen-bond acceptors (Lipinski definition) is 10. The van der Waals surface area contributed by atoms with Gasteiger partial charge in [-0.25, -0.2) is 0 Å². The Morgan fingerprint density at radius 3 is 1.11 bits per heavy atom. The molecule has 0 saturated carbocycles. The standard InChI is InChI=1S/B4H2O7.BH3O3.Ca.2Na.4H/c5-1-7-3-9-2(6)10-4(8-1)11-3;2-1(3)4;;;;;;;/h5-6H;2-4H;;;;;;;. The molecule has 0 unspecified atom stereocenters. The van der Waals surface area contributed by atoms with Gasteiger partial charge < -0.3 is 48.0 Å². The van der Waals surface area contributed by atoms with E-state index >= 15 is 0 Å². The van der Waals surface area contributed by atoms with Gasteiger partial charge in [-0.15, -0.1) is 0 Å². The molecule has 0 radical (unpaired) electrons. The van der Waals surface area contributed by atoms with Crippen molar-refractivity contribution in [2.45, 2.75) is 0 Å². The SMILES string of the molecule is OB(O)O.OB1OB2OB(O)OB(O1)O2.[CaH2].[NaH].[NaH]. The van der Waals surface area contributed by atoms with Crippen molar-refractivity contribution < 1.29 is 48.0 Å². The van der Waals surface area contributed by atoms with Crippen LogP contribution in [0.3, 0.4) is 0 Å². The van der Waals surface area contributed by atoms with E-state index in [-0.39, 0.29) is 96.9 Å². The van der Waals surface area contributed by atoms with Crippen LogP contribution in [0.25, 0.3) is 0 Å². The Kier molecular flexibility index (Phi) is 20.0. The summed E-state index contributed by atoms with van der Waals surface area (Å²) in [5.74, 6) is 0. The maximum absolute atomic E-state index is 8.74. The van der Waals surface area contributed by atoms with Crippen LogP contribution in [0.15, 0.2) is 0 Å². The van der Waals surface area contributed by atoms with Crippen LogP contribution in [0.1, 0.15) is 0 Å². The molecule has 2 bridgehead atoms. The van der Waals surface area contributed by atoms with E-state index in [0.29, 0.717) is 0 Å². The van der Waals surface area contributed by atoms with Gasteiger partial charge in [0, 0.05) is 0 Å². The molecular weight excluding hydrogens is 300 g/mol. The molecule has 18 heavy (non-hydrogen) atoms. The van der Waals surface area contributed by atoms with Gasteiger partial charge in [0.1, 0.15) is 0 Å². The number of fused-ring (bicyclic) bond motifs is 2. The summed E-state index contributed by atoms with van der Waals surface area (Å²) >= 11 is 0. The quantitative estimate of drug-likeness (QED) is 0.273. The summed E-state index contributed by atoms with van der Waals surface area (Å²) in [6, 6.07) is 0. The third kappa shape index (κ3) is 11.8. The molecule has 0 aromatic rings. The average Bonchev–Trinajstić information content (AvgIpc) is 1.98. The number of rotatable bonds is 0. The molecule has 5 N–H and O–H groups in total. The normalized spacial score (nSPS) is 16.5. The molecule has 2 fully saturated rings. The molecule has 10 nitrogen and oxygen atoms in total. The topological polar surface area (TPSA) is 147 Å². The van der Waals surface area contributed by atoms with Crippen LogP contribution in [0.4, 0.5) is 0 Å². The zero-order valence-electron chi connectivity index (χ0n) is 7.16. The Labute approximate surface area is 178 Å². The first kappa shape index (κ1) is 26.1. The second-order valence-electron chi connectivity index (χ2n) is 2.22. The Morgan fingerprint density at radius 2 is 0.889 bits per heavy atom. The van der Waals surface area contributed by atoms with Gasteiger partial charge in [0.15, 0.2) is 0 Å². The van der Waals surface area contributed by atoms with Crippen LogP contribution in [-0.2, 0) is 22.9 Å². The molecule has 0 aromatic heterocycles. The van der Waals surface area contributed by atoms with E-state index in [1.54, 1.807) is 0 Å². The van der Waals surface area contributed by atoms with E-state index in [0.717, 1.165) is 0 Å².